The zero-order chi connectivity index (χ0) is 24.5. The van der Waals surface area contributed by atoms with Gasteiger partial charge in [-0.25, -0.2) is 4.79 Å². The molecule has 35 heavy (non-hydrogen) atoms. The molecule has 0 fully saturated rings. The van der Waals surface area contributed by atoms with Crippen LogP contribution in [0.4, 0.5) is 5.95 Å². The summed E-state index contributed by atoms with van der Waals surface area (Å²) in [5, 5.41) is 7.57. The smallest absolute Gasteiger partial charge is 0.332 e. The van der Waals surface area contributed by atoms with Crippen LogP contribution in [0.25, 0.3) is 11.2 Å². The van der Waals surface area contributed by atoms with Crippen molar-refractivity contribution < 1.29 is 9.57 Å². The van der Waals surface area contributed by atoms with Gasteiger partial charge in [-0.2, -0.15) is 4.98 Å². The van der Waals surface area contributed by atoms with Gasteiger partial charge >= 0.3 is 5.69 Å². The predicted octanol–water partition coefficient (Wildman–Crippen LogP) is 1.64. The number of hydrogen-bond acceptors (Lipinski definition) is 8. The molecule has 5 rings (SSSR count). The maximum absolute atomic E-state index is 13.1. The lowest BCUT2D eigenvalue weighted by molar-refractivity contribution is 0.0736. The van der Waals surface area contributed by atoms with Gasteiger partial charge in [-0.05, 0) is 23.8 Å². The van der Waals surface area contributed by atoms with E-state index in [0.29, 0.717) is 42.4 Å². The van der Waals surface area contributed by atoms with Gasteiger partial charge in [-0.3, -0.25) is 18.9 Å². The number of ether oxygens (including phenoxy) is 1. The predicted molar refractivity (Wildman–Crippen MR) is 131 cm³/mol. The molecule has 0 radical (unpaired) electrons. The van der Waals surface area contributed by atoms with Crippen LogP contribution in [0.2, 0.25) is 0 Å². The molecular weight excluding hydrogens is 450 g/mol. The number of pyridine rings is 1. The number of benzene rings is 1. The lowest BCUT2D eigenvalue weighted by atomic mass is 10.0. The molecule has 1 aromatic carbocycles. The lowest BCUT2D eigenvalue weighted by Crippen LogP contribution is -2.37. The molecular formula is C24H25N7O4. The minimum atomic E-state index is -0.440. The van der Waals surface area contributed by atoms with Crippen molar-refractivity contribution in [1.82, 2.24) is 23.7 Å². The second-order valence-corrected chi connectivity index (χ2v) is 8.31. The van der Waals surface area contributed by atoms with E-state index in [1.165, 1.54) is 11.6 Å². The summed E-state index contributed by atoms with van der Waals surface area (Å²) >= 11 is 0. The number of methoxy groups -OCH3 is 1. The number of anilines is 1. The Hall–Kier alpha value is -4.41. The van der Waals surface area contributed by atoms with Crippen molar-refractivity contribution in [3.63, 3.8) is 0 Å². The highest BCUT2D eigenvalue weighted by Crippen LogP contribution is 2.26. The summed E-state index contributed by atoms with van der Waals surface area (Å²) in [5.41, 5.74) is 2.34. The third-order valence-corrected chi connectivity index (χ3v) is 6.06. The average Bonchev–Trinajstić information content (AvgIpc) is 3.50. The monoisotopic (exact) mass is 475 g/mol. The topological polar surface area (TPSA) is 118 Å². The largest absolute Gasteiger partial charge is 0.496 e. The number of aromatic nitrogens is 5. The van der Waals surface area contributed by atoms with Crippen LogP contribution in [0.1, 0.15) is 17.5 Å². The van der Waals surface area contributed by atoms with Crippen LogP contribution < -0.4 is 21.3 Å². The number of nitrogens with one attached hydrogen (secondary N) is 1. The van der Waals surface area contributed by atoms with Crippen LogP contribution in [0.5, 0.6) is 5.75 Å². The summed E-state index contributed by atoms with van der Waals surface area (Å²) < 4.78 is 9.67. The molecule has 1 aliphatic heterocycles. The number of para-hydroxylation sites is 1. The van der Waals surface area contributed by atoms with Crippen LogP contribution >= 0.6 is 0 Å². The number of aryl methyl sites for hydroxylation is 1. The molecule has 0 amide bonds. The van der Waals surface area contributed by atoms with Crippen molar-refractivity contribution in [3.05, 3.63) is 80.8 Å². The molecule has 11 nitrogen and oxygen atoms in total. The first-order valence-corrected chi connectivity index (χ1v) is 11.1. The third kappa shape index (κ3) is 4.05. The van der Waals surface area contributed by atoms with Crippen LogP contribution in [0, 0.1) is 0 Å². The minimum Gasteiger partial charge on any atom is -0.496 e. The van der Waals surface area contributed by atoms with Gasteiger partial charge in [0.25, 0.3) is 5.56 Å². The van der Waals surface area contributed by atoms with Gasteiger partial charge in [0, 0.05) is 45.0 Å². The molecule has 0 saturated carbocycles. The number of oxime groups is 1. The highest BCUT2D eigenvalue weighted by molar-refractivity contribution is 6.03. The Morgan fingerprint density at radius 2 is 1.97 bits per heavy atom. The van der Waals surface area contributed by atoms with Gasteiger partial charge < -0.3 is 19.5 Å². The first kappa shape index (κ1) is 22.4. The quantitative estimate of drug-likeness (QED) is 0.432. The molecule has 180 valence electrons. The summed E-state index contributed by atoms with van der Waals surface area (Å²) in [6.45, 7) is 0.751. The fourth-order valence-electron chi connectivity index (χ4n) is 4.22. The highest BCUT2D eigenvalue weighted by Gasteiger charge is 2.28. The Labute approximate surface area is 200 Å². The van der Waals surface area contributed by atoms with E-state index in [1.54, 1.807) is 31.1 Å². The van der Waals surface area contributed by atoms with Gasteiger partial charge in [0.05, 0.1) is 19.4 Å². The fraction of sp³-hybridized carbons (Fsp3) is 0.292. The Morgan fingerprint density at radius 1 is 1.14 bits per heavy atom. The van der Waals surface area contributed by atoms with E-state index in [-0.39, 0.29) is 6.10 Å². The first-order chi connectivity index (χ1) is 17.0. The average molecular weight is 476 g/mol. The molecule has 0 spiro atoms. The lowest BCUT2D eigenvalue weighted by Gasteiger charge is -2.14. The SMILES string of the molecule is COc1ccccc1C1=NOC(Cn2c(NCc3cccnc3)nc3c2c(=O)n(C)c(=O)n3C)C1. The summed E-state index contributed by atoms with van der Waals surface area (Å²) in [5.74, 6) is 1.17. The van der Waals surface area contributed by atoms with Crippen LogP contribution in [0.3, 0.4) is 0 Å². The van der Waals surface area contributed by atoms with Crippen molar-refractivity contribution in [2.24, 2.45) is 19.3 Å². The number of imidazole rings is 1. The van der Waals surface area contributed by atoms with Crippen LogP contribution in [-0.4, -0.2) is 42.6 Å². The molecule has 4 heterocycles. The minimum absolute atomic E-state index is 0.302. The third-order valence-electron chi connectivity index (χ3n) is 6.06. The Kier molecular flexibility index (Phi) is 5.81. The van der Waals surface area contributed by atoms with Gasteiger partial charge in [-0.15, -0.1) is 0 Å². The summed E-state index contributed by atoms with van der Waals surface area (Å²) in [6.07, 6.45) is 3.64. The molecule has 1 atom stereocenters. The molecule has 3 aromatic heterocycles. The van der Waals surface area contributed by atoms with Crippen molar-refractivity contribution in [3.8, 4) is 5.75 Å². The van der Waals surface area contributed by atoms with E-state index in [1.807, 2.05) is 36.4 Å². The van der Waals surface area contributed by atoms with E-state index in [2.05, 4.69) is 20.4 Å². The van der Waals surface area contributed by atoms with Crippen molar-refractivity contribution in [2.75, 3.05) is 12.4 Å². The standard InChI is InChI=1S/C24H25N7O4/c1-29-21-20(22(32)30(2)24(29)33)31(23(27-21)26-13-15-7-6-10-25-12-15)14-16-11-18(28-35-16)17-8-4-5-9-19(17)34-3/h4-10,12,16H,11,13-14H2,1-3H3,(H,26,27). The van der Waals surface area contributed by atoms with E-state index in [9.17, 15) is 9.59 Å². The van der Waals surface area contributed by atoms with Gasteiger partial charge in [0.15, 0.2) is 17.3 Å². The molecule has 11 heteroatoms. The number of rotatable bonds is 7. The fourth-order valence-corrected chi connectivity index (χ4v) is 4.22. The van der Waals surface area contributed by atoms with Crippen molar-refractivity contribution in [2.45, 2.75) is 25.6 Å². The summed E-state index contributed by atoms with van der Waals surface area (Å²) in [4.78, 5) is 40.1. The van der Waals surface area contributed by atoms with Crippen LogP contribution in [-0.2, 0) is 32.0 Å². The molecule has 1 unspecified atom stereocenters. The van der Waals surface area contributed by atoms with Crippen LogP contribution in [0.15, 0.2) is 63.5 Å². The molecule has 1 N–H and O–H groups in total. The number of nitrogens with zero attached hydrogens (tertiary/aromatic N) is 6. The second kappa shape index (κ2) is 9.09. The van der Waals surface area contributed by atoms with Crippen molar-refractivity contribution in [1.29, 1.82) is 0 Å². The van der Waals surface area contributed by atoms with Gasteiger partial charge in [-0.1, -0.05) is 23.4 Å². The molecule has 1 aliphatic rings. The normalized spacial score (nSPS) is 15.2. The van der Waals surface area contributed by atoms with E-state index in [0.717, 1.165) is 21.4 Å². The summed E-state index contributed by atoms with van der Waals surface area (Å²) in [6, 6.07) is 11.4. The number of fused-ring (bicyclic) bond motifs is 1. The van der Waals surface area contributed by atoms with Gasteiger partial charge in [0.2, 0.25) is 5.95 Å². The molecule has 4 aromatic rings. The Morgan fingerprint density at radius 3 is 2.74 bits per heavy atom. The molecule has 0 bridgehead atoms. The van der Waals surface area contributed by atoms with Crippen molar-refractivity contribution >= 4 is 22.8 Å². The number of hydrogen-bond donors (Lipinski definition) is 1. The zero-order valence-electron chi connectivity index (χ0n) is 19.6. The molecule has 0 aliphatic carbocycles. The maximum atomic E-state index is 13.1. The van der Waals surface area contributed by atoms with E-state index >= 15 is 0 Å². The Balaban J connectivity index is 1.50. The van der Waals surface area contributed by atoms with E-state index in [4.69, 9.17) is 9.57 Å². The summed E-state index contributed by atoms with van der Waals surface area (Å²) in [7, 11) is 4.67. The highest BCUT2D eigenvalue weighted by atomic mass is 16.6. The second-order valence-electron chi connectivity index (χ2n) is 8.31. The Bertz CT molecular complexity index is 1540. The maximum Gasteiger partial charge on any atom is 0.332 e. The first-order valence-electron chi connectivity index (χ1n) is 11.1. The van der Waals surface area contributed by atoms with E-state index < -0.39 is 11.2 Å². The molecule has 0 saturated heterocycles. The zero-order valence-corrected chi connectivity index (χ0v) is 19.6. The van der Waals surface area contributed by atoms with Gasteiger partial charge in [0.1, 0.15) is 5.75 Å².